The van der Waals surface area contributed by atoms with E-state index in [1.54, 1.807) is 14.0 Å². The molecule has 0 bridgehead atoms. The third-order valence-electron chi connectivity index (χ3n) is 2.64. The van der Waals surface area contributed by atoms with Crippen LogP contribution in [0.15, 0.2) is 4.52 Å². The van der Waals surface area contributed by atoms with E-state index >= 15 is 0 Å². The molecule has 6 nitrogen and oxygen atoms in total. The Kier molecular flexibility index (Phi) is 4.47. The topological polar surface area (TPSA) is 83.6 Å². The van der Waals surface area contributed by atoms with Gasteiger partial charge in [-0.1, -0.05) is 19.0 Å². The zero-order valence-electron chi connectivity index (χ0n) is 11.1. The minimum Gasteiger partial charge on any atom is -0.481 e. The first kappa shape index (κ1) is 14.2. The molecule has 0 saturated heterocycles. The third-order valence-corrected chi connectivity index (χ3v) is 2.64. The molecule has 1 rings (SSSR count). The molecule has 1 heterocycles. The van der Waals surface area contributed by atoms with Crippen molar-refractivity contribution in [1.29, 1.82) is 0 Å². The number of hydrogen-bond acceptors (Lipinski definition) is 4. The van der Waals surface area contributed by atoms with Crippen LogP contribution in [0.5, 0.6) is 0 Å². The monoisotopic (exact) mass is 254 g/mol. The van der Waals surface area contributed by atoms with Gasteiger partial charge in [0.05, 0.1) is 12.1 Å². The smallest absolute Gasteiger partial charge is 0.305 e. The number of carboxylic acids is 1. The zero-order chi connectivity index (χ0) is 13.9. The van der Waals surface area contributed by atoms with Gasteiger partial charge in [0.1, 0.15) is 5.56 Å². The minimum absolute atomic E-state index is 0.0537. The van der Waals surface area contributed by atoms with Crippen LogP contribution in [-0.2, 0) is 4.79 Å². The highest BCUT2D eigenvalue weighted by molar-refractivity contribution is 5.96. The fraction of sp³-hybridized carbons (Fsp3) is 0.583. The molecule has 0 unspecified atom stereocenters. The van der Waals surface area contributed by atoms with E-state index in [0.29, 0.717) is 17.0 Å². The van der Waals surface area contributed by atoms with Crippen LogP contribution < -0.4 is 0 Å². The van der Waals surface area contributed by atoms with E-state index in [1.807, 2.05) is 13.8 Å². The number of rotatable bonds is 5. The van der Waals surface area contributed by atoms with Crippen molar-refractivity contribution in [2.24, 2.45) is 0 Å². The van der Waals surface area contributed by atoms with E-state index < -0.39 is 5.97 Å². The molecule has 0 radical (unpaired) electrons. The van der Waals surface area contributed by atoms with E-state index in [0.717, 1.165) is 0 Å². The molecule has 1 amide bonds. The van der Waals surface area contributed by atoms with Gasteiger partial charge in [-0.15, -0.1) is 0 Å². The average Bonchev–Trinajstić information content (AvgIpc) is 2.67. The van der Waals surface area contributed by atoms with E-state index in [1.165, 1.54) is 4.90 Å². The average molecular weight is 254 g/mol. The first-order valence-electron chi connectivity index (χ1n) is 5.78. The van der Waals surface area contributed by atoms with Crippen LogP contribution in [0, 0.1) is 6.92 Å². The lowest BCUT2D eigenvalue weighted by Crippen LogP contribution is -2.30. The number of nitrogens with zero attached hydrogens (tertiary/aromatic N) is 2. The molecular formula is C12H18N2O4. The van der Waals surface area contributed by atoms with Crippen LogP contribution in [0.4, 0.5) is 0 Å². The SMILES string of the molecule is Cc1noc(C(C)C)c1C(=O)N(C)CCC(=O)O. The number of carbonyl (C=O) groups excluding carboxylic acids is 1. The molecule has 18 heavy (non-hydrogen) atoms. The molecule has 1 aromatic heterocycles. The van der Waals surface area contributed by atoms with E-state index in [2.05, 4.69) is 5.16 Å². The van der Waals surface area contributed by atoms with E-state index in [9.17, 15) is 9.59 Å². The molecule has 1 aromatic rings. The Bertz CT molecular complexity index is 451. The van der Waals surface area contributed by atoms with Gasteiger partial charge in [0.15, 0.2) is 5.76 Å². The van der Waals surface area contributed by atoms with Crippen LogP contribution >= 0.6 is 0 Å². The Labute approximate surface area is 106 Å². The first-order valence-corrected chi connectivity index (χ1v) is 5.78. The van der Waals surface area contributed by atoms with Crippen molar-refractivity contribution < 1.29 is 19.2 Å². The molecule has 0 aliphatic heterocycles. The third kappa shape index (κ3) is 3.09. The number of aliphatic carboxylic acids is 1. The summed E-state index contributed by atoms with van der Waals surface area (Å²) in [7, 11) is 1.57. The fourth-order valence-electron chi connectivity index (χ4n) is 1.60. The summed E-state index contributed by atoms with van der Waals surface area (Å²) in [4.78, 5) is 24.1. The number of aromatic nitrogens is 1. The molecule has 0 aromatic carbocycles. The maximum atomic E-state index is 12.2. The second-order valence-corrected chi connectivity index (χ2v) is 4.53. The minimum atomic E-state index is -0.930. The van der Waals surface area contributed by atoms with Gasteiger partial charge in [-0.25, -0.2) is 0 Å². The van der Waals surface area contributed by atoms with Crippen LogP contribution in [0.25, 0.3) is 0 Å². The summed E-state index contributed by atoms with van der Waals surface area (Å²) in [6.45, 7) is 5.69. The lowest BCUT2D eigenvalue weighted by molar-refractivity contribution is -0.137. The lowest BCUT2D eigenvalue weighted by Gasteiger charge is -2.16. The molecule has 100 valence electrons. The van der Waals surface area contributed by atoms with Gasteiger partial charge < -0.3 is 14.5 Å². The summed E-state index contributed by atoms with van der Waals surface area (Å²) in [5.74, 6) is -0.586. The molecule has 0 fully saturated rings. The van der Waals surface area contributed by atoms with Crippen molar-refractivity contribution in [2.75, 3.05) is 13.6 Å². The number of aryl methyl sites for hydroxylation is 1. The number of carbonyl (C=O) groups is 2. The molecular weight excluding hydrogens is 236 g/mol. The van der Waals surface area contributed by atoms with Crippen molar-refractivity contribution in [3.8, 4) is 0 Å². The van der Waals surface area contributed by atoms with Gasteiger partial charge in [0, 0.05) is 19.5 Å². The summed E-state index contributed by atoms with van der Waals surface area (Å²) in [5, 5.41) is 12.4. The van der Waals surface area contributed by atoms with Gasteiger partial charge in [-0.2, -0.15) is 0 Å². The summed E-state index contributed by atoms with van der Waals surface area (Å²) >= 11 is 0. The van der Waals surface area contributed by atoms with Gasteiger partial charge in [0.2, 0.25) is 0 Å². The van der Waals surface area contributed by atoms with Gasteiger partial charge >= 0.3 is 5.97 Å². The Balaban J connectivity index is 2.89. The Morgan fingerprint density at radius 2 is 2.06 bits per heavy atom. The lowest BCUT2D eigenvalue weighted by atomic mass is 10.0. The van der Waals surface area contributed by atoms with Crippen molar-refractivity contribution in [2.45, 2.75) is 33.1 Å². The molecule has 0 aliphatic rings. The Morgan fingerprint density at radius 1 is 1.44 bits per heavy atom. The summed E-state index contributed by atoms with van der Waals surface area (Å²) < 4.78 is 5.14. The predicted octanol–water partition coefficient (Wildman–Crippen LogP) is 1.65. The predicted molar refractivity (Wildman–Crippen MR) is 64.5 cm³/mol. The maximum Gasteiger partial charge on any atom is 0.305 e. The fourth-order valence-corrected chi connectivity index (χ4v) is 1.60. The standard InChI is InChI=1S/C12H18N2O4/c1-7(2)11-10(8(3)13-18-11)12(17)14(4)6-5-9(15)16/h7H,5-6H2,1-4H3,(H,15,16). The molecule has 0 aliphatic carbocycles. The van der Waals surface area contributed by atoms with Gasteiger partial charge in [-0.3, -0.25) is 9.59 Å². The molecule has 0 atom stereocenters. The second kappa shape index (κ2) is 5.66. The van der Waals surface area contributed by atoms with E-state index in [4.69, 9.17) is 9.63 Å². The van der Waals surface area contributed by atoms with Crippen LogP contribution in [-0.4, -0.2) is 40.6 Å². The maximum absolute atomic E-state index is 12.2. The van der Waals surface area contributed by atoms with Gasteiger partial charge in [-0.05, 0) is 6.92 Å². The highest BCUT2D eigenvalue weighted by Crippen LogP contribution is 2.23. The van der Waals surface area contributed by atoms with Crippen molar-refractivity contribution >= 4 is 11.9 Å². The summed E-state index contributed by atoms with van der Waals surface area (Å²) in [6.07, 6.45) is -0.0798. The Morgan fingerprint density at radius 3 is 2.56 bits per heavy atom. The highest BCUT2D eigenvalue weighted by Gasteiger charge is 2.25. The summed E-state index contributed by atoms with van der Waals surface area (Å²) in [6, 6.07) is 0. The summed E-state index contributed by atoms with van der Waals surface area (Å²) in [5.41, 5.74) is 0.976. The van der Waals surface area contributed by atoms with Crippen LogP contribution in [0.1, 0.15) is 48.0 Å². The largest absolute Gasteiger partial charge is 0.481 e. The highest BCUT2D eigenvalue weighted by atomic mass is 16.5. The number of amides is 1. The second-order valence-electron chi connectivity index (χ2n) is 4.53. The van der Waals surface area contributed by atoms with Crippen molar-refractivity contribution in [1.82, 2.24) is 10.1 Å². The Hall–Kier alpha value is -1.85. The normalized spacial score (nSPS) is 10.7. The molecule has 0 saturated carbocycles. The van der Waals surface area contributed by atoms with Crippen LogP contribution in [0.2, 0.25) is 0 Å². The molecule has 1 N–H and O–H groups in total. The number of carboxylic acid groups (broad SMARTS) is 1. The molecule has 6 heteroatoms. The van der Waals surface area contributed by atoms with Crippen LogP contribution in [0.3, 0.4) is 0 Å². The first-order chi connectivity index (χ1) is 8.34. The number of hydrogen-bond donors (Lipinski definition) is 1. The van der Waals surface area contributed by atoms with Gasteiger partial charge in [0.25, 0.3) is 5.91 Å². The quantitative estimate of drug-likeness (QED) is 0.863. The molecule has 0 spiro atoms. The van der Waals surface area contributed by atoms with Crippen molar-refractivity contribution in [3.63, 3.8) is 0 Å². The zero-order valence-corrected chi connectivity index (χ0v) is 11.1. The van der Waals surface area contributed by atoms with E-state index in [-0.39, 0.29) is 24.8 Å². The van der Waals surface area contributed by atoms with Crippen molar-refractivity contribution in [3.05, 3.63) is 17.0 Å².